The fourth-order valence-corrected chi connectivity index (χ4v) is 4.83. The molecule has 0 spiro atoms. The Morgan fingerprint density at radius 3 is 1.82 bits per heavy atom. The average molecular weight is 617 g/mol. The summed E-state index contributed by atoms with van der Waals surface area (Å²) < 4.78 is 37.3. The molecule has 238 valence electrons. The molecule has 1 fully saturated rings. The number of aliphatic carboxylic acids is 2. The van der Waals surface area contributed by atoms with Crippen LogP contribution in [0.15, 0.2) is 54.1 Å². The Bertz CT molecular complexity index is 1420. The molecule has 10 nitrogen and oxygen atoms in total. The predicted octanol–water partition coefficient (Wildman–Crippen LogP) is 5.78. The highest BCUT2D eigenvalue weighted by atomic mass is 19.1. The van der Waals surface area contributed by atoms with E-state index in [1.54, 1.807) is 59.7 Å². The van der Waals surface area contributed by atoms with Crippen molar-refractivity contribution < 1.29 is 47.6 Å². The Balaban J connectivity index is 0.000000240. The Hall–Kier alpha value is -4.48. The van der Waals surface area contributed by atoms with E-state index in [4.69, 9.17) is 9.47 Å². The highest BCUT2D eigenvalue weighted by Gasteiger charge is 2.42. The number of likely N-dealkylation sites (tertiary alicyclic amines) is 1. The number of carboxylic acid groups (broad SMARTS) is 2. The van der Waals surface area contributed by atoms with Crippen molar-refractivity contribution in [3.63, 3.8) is 0 Å². The maximum absolute atomic E-state index is 13.4. The summed E-state index contributed by atoms with van der Waals surface area (Å²) in [6, 6.07) is 11.5. The first kappa shape index (κ1) is 34.0. The Kier molecular flexibility index (Phi) is 10.4. The summed E-state index contributed by atoms with van der Waals surface area (Å²) in [6.45, 7) is 10.7. The van der Waals surface area contributed by atoms with Crippen LogP contribution in [0.3, 0.4) is 0 Å². The van der Waals surface area contributed by atoms with Crippen molar-refractivity contribution >= 4 is 29.7 Å². The van der Waals surface area contributed by atoms with Gasteiger partial charge in [-0.05, 0) is 82.5 Å². The van der Waals surface area contributed by atoms with Gasteiger partial charge in [0.15, 0.2) is 0 Å². The number of carbonyl (C=O) groups is 4. The van der Waals surface area contributed by atoms with Crippen molar-refractivity contribution in [1.29, 1.82) is 0 Å². The molecule has 0 unspecified atom stereocenters. The topological polar surface area (TPSA) is 134 Å². The molecule has 0 saturated carbocycles. The van der Waals surface area contributed by atoms with Crippen molar-refractivity contribution in [2.45, 2.75) is 58.7 Å². The maximum Gasteiger partial charge on any atom is 0.410 e. The van der Waals surface area contributed by atoms with E-state index in [-0.39, 0.29) is 31.8 Å². The molecule has 0 aliphatic carbocycles. The molecule has 2 aliphatic rings. The molecule has 2 atom stereocenters. The minimum atomic E-state index is -1.12. The second-order valence-corrected chi connectivity index (χ2v) is 12.6. The van der Waals surface area contributed by atoms with Gasteiger partial charge >= 0.3 is 24.1 Å². The van der Waals surface area contributed by atoms with Crippen LogP contribution in [0.1, 0.15) is 58.6 Å². The van der Waals surface area contributed by atoms with E-state index in [0.29, 0.717) is 16.7 Å². The number of carbonyl (C=O) groups excluding carboxylic acids is 2. The molecular formula is C32H38F2N2O8. The Labute approximate surface area is 254 Å². The molecule has 0 aromatic heterocycles. The fourth-order valence-electron chi connectivity index (χ4n) is 4.83. The van der Waals surface area contributed by atoms with Crippen molar-refractivity contribution in [2.75, 3.05) is 26.2 Å². The van der Waals surface area contributed by atoms with E-state index in [0.717, 1.165) is 0 Å². The van der Waals surface area contributed by atoms with Gasteiger partial charge in [0.05, 0.1) is 24.6 Å². The minimum absolute atomic E-state index is 0.0594. The van der Waals surface area contributed by atoms with Crippen LogP contribution in [0.25, 0.3) is 5.57 Å². The first-order chi connectivity index (χ1) is 20.3. The highest BCUT2D eigenvalue weighted by Crippen LogP contribution is 2.34. The van der Waals surface area contributed by atoms with Gasteiger partial charge in [0, 0.05) is 19.0 Å². The van der Waals surface area contributed by atoms with Crippen molar-refractivity contribution in [2.24, 2.45) is 5.92 Å². The lowest BCUT2D eigenvalue weighted by Gasteiger charge is -2.24. The summed E-state index contributed by atoms with van der Waals surface area (Å²) in [5.74, 6) is -4.21. The Morgan fingerprint density at radius 2 is 1.32 bits per heavy atom. The second kappa shape index (κ2) is 13.4. The normalized spacial score (nSPS) is 18.5. The number of rotatable bonds is 4. The van der Waals surface area contributed by atoms with Crippen LogP contribution >= 0.6 is 0 Å². The third kappa shape index (κ3) is 9.26. The van der Waals surface area contributed by atoms with Crippen LogP contribution in [0.2, 0.25) is 0 Å². The first-order valence-corrected chi connectivity index (χ1v) is 14.0. The molecule has 2 aliphatic heterocycles. The van der Waals surface area contributed by atoms with E-state index in [2.05, 4.69) is 0 Å². The lowest BCUT2D eigenvalue weighted by Crippen LogP contribution is -2.36. The molecule has 4 rings (SSSR count). The summed E-state index contributed by atoms with van der Waals surface area (Å²) in [4.78, 5) is 49.7. The third-order valence-corrected chi connectivity index (χ3v) is 6.71. The second-order valence-electron chi connectivity index (χ2n) is 12.6. The molecule has 2 amide bonds. The van der Waals surface area contributed by atoms with E-state index in [1.165, 1.54) is 40.1 Å². The molecule has 2 aromatic carbocycles. The standard InChI is InChI=1S/C16H20FNO4.C16H18FNO4/c2*1-16(2,3)22-15(21)18-8-12(13(9-18)14(19)20)10-5-4-6-11(17)7-10/h4-7,12-13H,8-9H2,1-3H3,(H,19,20);4-7H,8-9H2,1-3H3,(H,19,20)/t12-,13-;/m0./s1. The van der Waals surface area contributed by atoms with E-state index in [9.17, 15) is 38.2 Å². The van der Waals surface area contributed by atoms with E-state index in [1.807, 2.05) is 0 Å². The van der Waals surface area contributed by atoms with E-state index >= 15 is 0 Å². The maximum atomic E-state index is 13.4. The predicted molar refractivity (Wildman–Crippen MR) is 157 cm³/mol. The number of ether oxygens (including phenoxy) is 2. The average Bonchev–Trinajstić information content (AvgIpc) is 3.53. The summed E-state index contributed by atoms with van der Waals surface area (Å²) in [5.41, 5.74) is 0.241. The minimum Gasteiger partial charge on any atom is -0.481 e. The van der Waals surface area contributed by atoms with Crippen LogP contribution in [0, 0.1) is 17.6 Å². The fraction of sp³-hybridized carbons (Fsp3) is 0.438. The van der Waals surface area contributed by atoms with Crippen molar-refractivity contribution in [1.82, 2.24) is 9.80 Å². The third-order valence-electron chi connectivity index (χ3n) is 6.71. The summed E-state index contributed by atoms with van der Waals surface area (Å²) >= 11 is 0. The highest BCUT2D eigenvalue weighted by molar-refractivity contribution is 6.00. The molecule has 0 bridgehead atoms. The summed E-state index contributed by atoms with van der Waals surface area (Å²) in [5, 5.41) is 18.7. The monoisotopic (exact) mass is 616 g/mol. The van der Waals surface area contributed by atoms with Gasteiger partial charge in [-0.3, -0.25) is 9.69 Å². The Morgan fingerprint density at radius 1 is 0.773 bits per heavy atom. The molecule has 44 heavy (non-hydrogen) atoms. The zero-order valence-corrected chi connectivity index (χ0v) is 25.6. The number of carboxylic acids is 2. The molecule has 2 N–H and O–H groups in total. The van der Waals surface area contributed by atoms with Crippen LogP contribution in [-0.2, 0) is 19.1 Å². The number of hydrogen-bond acceptors (Lipinski definition) is 6. The summed E-state index contributed by atoms with van der Waals surface area (Å²) in [7, 11) is 0. The smallest absolute Gasteiger partial charge is 0.410 e. The number of hydrogen-bond donors (Lipinski definition) is 2. The first-order valence-electron chi connectivity index (χ1n) is 14.0. The van der Waals surface area contributed by atoms with Gasteiger partial charge in [-0.1, -0.05) is 24.3 Å². The number of amides is 2. The number of nitrogens with zero attached hydrogens (tertiary/aromatic N) is 2. The zero-order chi connectivity index (χ0) is 33.0. The van der Waals surface area contributed by atoms with Crippen molar-refractivity contribution in [3.05, 3.63) is 76.9 Å². The van der Waals surface area contributed by atoms with Gasteiger partial charge in [0.25, 0.3) is 0 Å². The largest absolute Gasteiger partial charge is 0.481 e. The van der Waals surface area contributed by atoms with Gasteiger partial charge in [-0.25, -0.2) is 23.2 Å². The number of benzene rings is 2. The lowest BCUT2D eigenvalue weighted by molar-refractivity contribution is -0.141. The zero-order valence-electron chi connectivity index (χ0n) is 25.6. The number of halogens is 2. The summed E-state index contributed by atoms with van der Waals surface area (Å²) in [6.07, 6.45) is -1.13. The van der Waals surface area contributed by atoms with Crippen LogP contribution in [0.4, 0.5) is 18.4 Å². The molecule has 2 aromatic rings. The van der Waals surface area contributed by atoms with Gasteiger partial charge < -0.3 is 24.6 Å². The lowest BCUT2D eigenvalue weighted by atomic mass is 9.89. The van der Waals surface area contributed by atoms with Crippen LogP contribution in [0.5, 0.6) is 0 Å². The molecule has 2 heterocycles. The molecule has 0 radical (unpaired) electrons. The van der Waals surface area contributed by atoms with Gasteiger partial charge in [-0.2, -0.15) is 0 Å². The molecular weight excluding hydrogens is 578 g/mol. The molecule has 12 heteroatoms. The molecule has 1 saturated heterocycles. The van der Waals surface area contributed by atoms with Crippen LogP contribution in [-0.4, -0.2) is 81.5 Å². The quantitative estimate of drug-likeness (QED) is 0.442. The van der Waals surface area contributed by atoms with E-state index < -0.39 is 58.8 Å². The van der Waals surface area contributed by atoms with Gasteiger partial charge in [-0.15, -0.1) is 0 Å². The van der Waals surface area contributed by atoms with Gasteiger partial charge in [0.2, 0.25) is 0 Å². The van der Waals surface area contributed by atoms with Crippen molar-refractivity contribution in [3.8, 4) is 0 Å². The van der Waals surface area contributed by atoms with Crippen LogP contribution < -0.4 is 0 Å². The van der Waals surface area contributed by atoms with Gasteiger partial charge in [0.1, 0.15) is 22.8 Å². The SMILES string of the molecule is CC(C)(C)OC(=O)N1CC(C(=O)O)=C(c2cccc(F)c2)C1.CC(C)(C)OC(=O)N1C[C@H](C(=O)O)[C@H](c2cccc(F)c2)C1.